The molecule has 5 nitrogen and oxygen atoms in total. The molecule has 1 aromatic carbocycles. The van der Waals surface area contributed by atoms with E-state index in [2.05, 4.69) is 10.6 Å². The molecule has 0 aliphatic carbocycles. The largest absolute Gasteiger partial charge is 0.341 e. The van der Waals surface area contributed by atoms with E-state index in [0.717, 1.165) is 0 Å². The lowest BCUT2D eigenvalue weighted by Gasteiger charge is -2.32. The molecule has 1 heterocycles. The van der Waals surface area contributed by atoms with E-state index >= 15 is 0 Å². The molecule has 1 saturated heterocycles. The number of nitrogens with two attached hydrogens (primary N) is 1. The summed E-state index contributed by atoms with van der Waals surface area (Å²) >= 11 is 0. The minimum absolute atomic E-state index is 0.284. The van der Waals surface area contributed by atoms with Crippen LogP contribution in [0.4, 0.5) is 5.69 Å². The normalized spacial score (nSPS) is 23.9. The van der Waals surface area contributed by atoms with Gasteiger partial charge in [0.05, 0.1) is 0 Å². The first-order valence-corrected chi connectivity index (χ1v) is 4.60. The van der Waals surface area contributed by atoms with Gasteiger partial charge in [0.15, 0.2) is 0 Å². The van der Waals surface area contributed by atoms with Crippen LogP contribution in [0.5, 0.6) is 0 Å². The molecule has 0 spiro atoms. The second-order valence-corrected chi connectivity index (χ2v) is 3.37. The van der Waals surface area contributed by atoms with Crippen LogP contribution in [0.15, 0.2) is 30.3 Å². The topological polar surface area (TPSA) is 84.2 Å². The third-order valence-electron chi connectivity index (χ3n) is 2.28. The van der Waals surface area contributed by atoms with Crippen molar-refractivity contribution in [2.75, 3.05) is 5.32 Å². The standard InChI is InChI=1S/C10H11N3O2/c11-7-8(13-9(7)14)10(15)12-6-4-2-1-3-5-6/h1-5,7-8H,11H2,(H,12,15)(H,13,14)/t7-,8-/m0/s1. The third-order valence-corrected chi connectivity index (χ3v) is 2.28. The van der Waals surface area contributed by atoms with Crippen molar-refractivity contribution in [1.82, 2.24) is 5.32 Å². The molecule has 1 fully saturated rings. The Morgan fingerprint density at radius 1 is 1.33 bits per heavy atom. The quantitative estimate of drug-likeness (QED) is 0.566. The van der Waals surface area contributed by atoms with Gasteiger partial charge in [-0.25, -0.2) is 0 Å². The van der Waals surface area contributed by atoms with Gasteiger partial charge in [0, 0.05) is 5.69 Å². The van der Waals surface area contributed by atoms with Crippen LogP contribution in [0.3, 0.4) is 0 Å². The van der Waals surface area contributed by atoms with Crippen molar-refractivity contribution in [3.63, 3.8) is 0 Å². The third kappa shape index (κ3) is 1.82. The van der Waals surface area contributed by atoms with Crippen LogP contribution in [-0.4, -0.2) is 23.9 Å². The molecular weight excluding hydrogens is 194 g/mol. The van der Waals surface area contributed by atoms with Gasteiger partial charge in [-0.1, -0.05) is 18.2 Å². The fourth-order valence-corrected chi connectivity index (χ4v) is 1.36. The molecule has 0 bridgehead atoms. The maximum atomic E-state index is 11.5. The van der Waals surface area contributed by atoms with Crippen molar-refractivity contribution < 1.29 is 9.59 Å². The number of rotatable bonds is 2. The molecule has 0 radical (unpaired) electrons. The summed E-state index contributed by atoms with van der Waals surface area (Å²) in [5.41, 5.74) is 6.14. The lowest BCUT2D eigenvalue weighted by molar-refractivity contribution is -0.136. The van der Waals surface area contributed by atoms with E-state index in [1.807, 2.05) is 18.2 Å². The number of hydrogen-bond acceptors (Lipinski definition) is 3. The molecule has 1 aromatic rings. The van der Waals surface area contributed by atoms with Crippen LogP contribution in [0.1, 0.15) is 0 Å². The van der Waals surface area contributed by atoms with Crippen molar-refractivity contribution in [2.45, 2.75) is 12.1 Å². The molecule has 5 heteroatoms. The van der Waals surface area contributed by atoms with E-state index in [4.69, 9.17) is 5.73 Å². The van der Waals surface area contributed by atoms with E-state index in [0.29, 0.717) is 5.69 Å². The van der Waals surface area contributed by atoms with Crippen LogP contribution in [-0.2, 0) is 9.59 Å². The highest BCUT2D eigenvalue weighted by molar-refractivity contribution is 6.06. The first-order valence-electron chi connectivity index (χ1n) is 4.60. The highest BCUT2D eigenvalue weighted by Crippen LogP contribution is 2.09. The second kappa shape index (κ2) is 3.70. The van der Waals surface area contributed by atoms with Crippen LogP contribution < -0.4 is 16.4 Å². The number of para-hydroxylation sites is 1. The summed E-state index contributed by atoms with van der Waals surface area (Å²) in [6.07, 6.45) is 0. The molecule has 0 aromatic heterocycles. The van der Waals surface area contributed by atoms with Gasteiger partial charge in [0.1, 0.15) is 12.1 Å². The number of benzene rings is 1. The van der Waals surface area contributed by atoms with Crippen molar-refractivity contribution in [3.8, 4) is 0 Å². The number of anilines is 1. The van der Waals surface area contributed by atoms with Crippen LogP contribution in [0.2, 0.25) is 0 Å². The van der Waals surface area contributed by atoms with Gasteiger partial charge in [0.25, 0.3) is 0 Å². The Bertz CT molecular complexity index is 391. The summed E-state index contributed by atoms with van der Waals surface area (Å²) in [5, 5.41) is 5.10. The maximum Gasteiger partial charge on any atom is 0.249 e. The Labute approximate surface area is 86.6 Å². The Kier molecular flexibility index (Phi) is 2.39. The lowest BCUT2D eigenvalue weighted by atomic mass is 9.99. The first kappa shape index (κ1) is 9.67. The van der Waals surface area contributed by atoms with Gasteiger partial charge in [0.2, 0.25) is 11.8 Å². The van der Waals surface area contributed by atoms with Crippen molar-refractivity contribution in [1.29, 1.82) is 0 Å². The highest BCUT2D eigenvalue weighted by Gasteiger charge is 2.41. The van der Waals surface area contributed by atoms with Gasteiger partial charge >= 0.3 is 0 Å². The number of carbonyl (C=O) groups is 2. The lowest BCUT2D eigenvalue weighted by Crippen LogP contribution is -2.70. The molecule has 1 aliphatic rings. The summed E-state index contributed by atoms with van der Waals surface area (Å²) in [4.78, 5) is 22.3. The number of hydrogen-bond donors (Lipinski definition) is 3. The minimum Gasteiger partial charge on any atom is -0.341 e. The second-order valence-electron chi connectivity index (χ2n) is 3.37. The van der Waals surface area contributed by atoms with E-state index in [1.165, 1.54) is 0 Å². The van der Waals surface area contributed by atoms with Gasteiger partial charge in [-0.2, -0.15) is 0 Å². The summed E-state index contributed by atoms with van der Waals surface area (Å²) in [7, 11) is 0. The molecule has 2 rings (SSSR count). The average molecular weight is 205 g/mol. The molecule has 78 valence electrons. The van der Waals surface area contributed by atoms with Crippen LogP contribution in [0.25, 0.3) is 0 Å². The van der Waals surface area contributed by atoms with E-state index in [1.54, 1.807) is 12.1 Å². The van der Waals surface area contributed by atoms with E-state index in [-0.39, 0.29) is 11.8 Å². The first-order chi connectivity index (χ1) is 7.18. The predicted molar refractivity (Wildman–Crippen MR) is 55.0 cm³/mol. The summed E-state index contributed by atoms with van der Waals surface area (Å²) < 4.78 is 0. The summed E-state index contributed by atoms with van der Waals surface area (Å²) in [5.74, 6) is -0.573. The number of carbonyl (C=O) groups excluding carboxylic acids is 2. The number of β-lactam (4-membered cyclic amide) rings is 1. The Balaban J connectivity index is 1.97. The summed E-state index contributed by atoms with van der Waals surface area (Å²) in [6.45, 7) is 0. The summed E-state index contributed by atoms with van der Waals surface area (Å²) in [6, 6.07) is 7.68. The zero-order valence-corrected chi connectivity index (χ0v) is 7.94. The fourth-order valence-electron chi connectivity index (χ4n) is 1.36. The molecule has 15 heavy (non-hydrogen) atoms. The SMILES string of the molecule is N[C@@H]1C(=O)N[C@@H]1C(=O)Nc1ccccc1. The molecule has 1 aliphatic heterocycles. The highest BCUT2D eigenvalue weighted by atomic mass is 16.2. The number of amides is 2. The number of nitrogens with one attached hydrogen (secondary N) is 2. The molecule has 2 atom stereocenters. The van der Waals surface area contributed by atoms with Gasteiger partial charge in [-0.3, -0.25) is 9.59 Å². The predicted octanol–water partition coefficient (Wildman–Crippen LogP) is -0.549. The molecular formula is C10H11N3O2. The van der Waals surface area contributed by atoms with Gasteiger partial charge in [-0.15, -0.1) is 0 Å². The fraction of sp³-hybridized carbons (Fsp3) is 0.200. The average Bonchev–Trinajstić information content (AvgIpc) is 2.26. The monoisotopic (exact) mass is 205 g/mol. The van der Waals surface area contributed by atoms with E-state index < -0.39 is 12.1 Å². The smallest absolute Gasteiger partial charge is 0.249 e. The van der Waals surface area contributed by atoms with E-state index in [9.17, 15) is 9.59 Å². The van der Waals surface area contributed by atoms with Crippen molar-refractivity contribution in [2.24, 2.45) is 5.73 Å². The Morgan fingerprint density at radius 2 is 2.00 bits per heavy atom. The zero-order valence-electron chi connectivity index (χ0n) is 7.94. The van der Waals surface area contributed by atoms with Crippen LogP contribution >= 0.6 is 0 Å². The van der Waals surface area contributed by atoms with Gasteiger partial charge in [-0.05, 0) is 12.1 Å². The Hall–Kier alpha value is -1.88. The maximum absolute atomic E-state index is 11.5. The van der Waals surface area contributed by atoms with Crippen molar-refractivity contribution in [3.05, 3.63) is 30.3 Å². The molecule has 0 unspecified atom stereocenters. The molecule has 4 N–H and O–H groups in total. The van der Waals surface area contributed by atoms with Crippen LogP contribution in [0, 0.1) is 0 Å². The molecule has 0 saturated carbocycles. The van der Waals surface area contributed by atoms with Gasteiger partial charge < -0.3 is 16.4 Å². The minimum atomic E-state index is -0.728. The van der Waals surface area contributed by atoms with Crippen molar-refractivity contribution >= 4 is 17.5 Å². The zero-order chi connectivity index (χ0) is 10.8. The Morgan fingerprint density at radius 3 is 2.53 bits per heavy atom. The molecule has 2 amide bonds.